The van der Waals surface area contributed by atoms with Gasteiger partial charge in [0.25, 0.3) is 0 Å². The molecule has 1 saturated heterocycles. The predicted octanol–water partition coefficient (Wildman–Crippen LogP) is 4.04. The lowest BCUT2D eigenvalue weighted by Crippen LogP contribution is -2.34. The SMILES string of the molecule is CC(=O)N(CCC(=O)NCc1ccc(C)cc1)c1ccc(N2CCCCC2)cc1. The summed E-state index contributed by atoms with van der Waals surface area (Å²) in [5.74, 6) is -0.108. The van der Waals surface area contributed by atoms with Crippen molar-refractivity contribution in [3.05, 3.63) is 59.7 Å². The molecule has 1 aliphatic rings. The van der Waals surface area contributed by atoms with E-state index in [4.69, 9.17) is 0 Å². The summed E-state index contributed by atoms with van der Waals surface area (Å²) in [5, 5.41) is 2.93. The zero-order valence-electron chi connectivity index (χ0n) is 17.5. The molecule has 2 aromatic rings. The molecule has 0 spiro atoms. The molecule has 5 heteroatoms. The number of rotatable bonds is 7. The van der Waals surface area contributed by atoms with Crippen LogP contribution in [-0.2, 0) is 16.1 Å². The Morgan fingerprint density at radius 1 is 0.966 bits per heavy atom. The van der Waals surface area contributed by atoms with E-state index in [-0.39, 0.29) is 18.2 Å². The first kappa shape index (κ1) is 20.9. The van der Waals surface area contributed by atoms with Crippen LogP contribution in [0.25, 0.3) is 0 Å². The van der Waals surface area contributed by atoms with E-state index in [1.807, 2.05) is 43.3 Å². The van der Waals surface area contributed by atoms with Crippen LogP contribution >= 0.6 is 0 Å². The quantitative estimate of drug-likeness (QED) is 0.772. The van der Waals surface area contributed by atoms with Gasteiger partial charge in [-0.2, -0.15) is 0 Å². The Bertz CT molecular complexity index is 809. The second kappa shape index (κ2) is 10.1. The minimum Gasteiger partial charge on any atom is -0.372 e. The molecule has 2 aromatic carbocycles. The molecule has 29 heavy (non-hydrogen) atoms. The number of nitrogens with one attached hydrogen (secondary N) is 1. The standard InChI is InChI=1S/C24H31N3O2/c1-19-6-8-21(9-7-19)18-25-24(29)14-17-27(20(2)28)23-12-10-22(11-13-23)26-15-4-3-5-16-26/h6-13H,3-5,14-18H2,1-2H3,(H,25,29). The summed E-state index contributed by atoms with van der Waals surface area (Å²) in [6.07, 6.45) is 4.05. The Labute approximate surface area is 173 Å². The van der Waals surface area contributed by atoms with E-state index >= 15 is 0 Å². The lowest BCUT2D eigenvalue weighted by Gasteiger charge is -2.29. The first-order chi connectivity index (χ1) is 14.0. The maximum Gasteiger partial charge on any atom is 0.223 e. The van der Waals surface area contributed by atoms with Crippen LogP contribution in [0.3, 0.4) is 0 Å². The van der Waals surface area contributed by atoms with Crippen molar-refractivity contribution in [2.24, 2.45) is 0 Å². The fourth-order valence-corrected chi connectivity index (χ4v) is 3.67. The van der Waals surface area contributed by atoms with Crippen LogP contribution in [-0.4, -0.2) is 31.4 Å². The van der Waals surface area contributed by atoms with Crippen LogP contribution in [0.15, 0.2) is 48.5 Å². The Morgan fingerprint density at radius 3 is 2.24 bits per heavy atom. The molecule has 1 aliphatic heterocycles. The number of nitrogens with zero attached hydrogens (tertiary/aromatic N) is 2. The summed E-state index contributed by atoms with van der Waals surface area (Å²) in [4.78, 5) is 28.4. The largest absolute Gasteiger partial charge is 0.372 e. The molecular weight excluding hydrogens is 362 g/mol. The van der Waals surface area contributed by atoms with Crippen molar-refractivity contribution >= 4 is 23.2 Å². The first-order valence-electron chi connectivity index (χ1n) is 10.5. The highest BCUT2D eigenvalue weighted by Gasteiger charge is 2.15. The van der Waals surface area contributed by atoms with Crippen molar-refractivity contribution in [3.8, 4) is 0 Å². The highest BCUT2D eigenvalue weighted by atomic mass is 16.2. The second-order valence-electron chi connectivity index (χ2n) is 7.75. The molecular formula is C24H31N3O2. The van der Waals surface area contributed by atoms with Gasteiger partial charge in [0.05, 0.1) is 0 Å². The molecule has 1 heterocycles. The van der Waals surface area contributed by atoms with E-state index in [2.05, 4.69) is 22.3 Å². The number of benzene rings is 2. The Hall–Kier alpha value is -2.82. The highest BCUT2D eigenvalue weighted by Crippen LogP contribution is 2.24. The maximum absolute atomic E-state index is 12.2. The lowest BCUT2D eigenvalue weighted by molar-refractivity contribution is -0.121. The Balaban J connectivity index is 1.53. The van der Waals surface area contributed by atoms with Crippen molar-refractivity contribution in [2.75, 3.05) is 29.4 Å². The minimum absolute atomic E-state index is 0.0537. The smallest absolute Gasteiger partial charge is 0.223 e. The van der Waals surface area contributed by atoms with Crippen molar-refractivity contribution in [1.82, 2.24) is 5.32 Å². The van der Waals surface area contributed by atoms with E-state index in [1.165, 1.54) is 30.5 Å². The maximum atomic E-state index is 12.2. The number of anilines is 2. The average Bonchev–Trinajstić information content (AvgIpc) is 2.74. The third-order valence-corrected chi connectivity index (χ3v) is 5.44. The highest BCUT2D eigenvalue weighted by molar-refractivity contribution is 5.92. The van der Waals surface area contributed by atoms with Gasteiger partial charge in [0.15, 0.2) is 0 Å². The fraction of sp³-hybridized carbons (Fsp3) is 0.417. The van der Waals surface area contributed by atoms with Gasteiger partial charge in [-0.05, 0) is 56.0 Å². The number of carbonyl (C=O) groups excluding carboxylic acids is 2. The molecule has 0 atom stereocenters. The summed E-state index contributed by atoms with van der Waals surface area (Å²) in [6, 6.07) is 16.2. The van der Waals surface area contributed by atoms with Crippen LogP contribution in [0.4, 0.5) is 11.4 Å². The molecule has 1 N–H and O–H groups in total. The normalized spacial score (nSPS) is 13.8. The van der Waals surface area contributed by atoms with Gasteiger partial charge in [-0.15, -0.1) is 0 Å². The second-order valence-corrected chi connectivity index (χ2v) is 7.75. The van der Waals surface area contributed by atoms with Crippen LogP contribution in [0.2, 0.25) is 0 Å². The average molecular weight is 394 g/mol. The van der Waals surface area contributed by atoms with Crippen molar-refractivity contribution < 1.29 is 9.59 Å². The number of piperidine rings is 1. The third kappa shape index (κ3) is 6.08. The van der Waals surface area contributed by atoms with Gasteiger partial charge in [0.1, 0.15) is 0 Å². The molecule has 154 valence electrons. The van der Waals surface area contributed by atoms with Crippen molar-refractivity contribution in [3.63, 3.8) is 0 Å². The van der Waals surface area contributed by atoms with Gasteiger partial charge in [-0.1, -0.05) is 29.8 Å². The van der Waals surface area contributed by atoms with E-state index in [1.54, 1.807) is 11.8 Å². The predicted molar refractivity (Wildman–Crippen MR) is 118 cm³/mol. The zero-order valence-corrected chi connectivity index (χ0v) is 17.5. The number of hydrogen-bond acceptors (Lipinski definition) is 3. The van der Waals surface area contributed by atoms with E-state index in [9.17, 15) is 9.59 Å². The number of aryl methyl sites for hydroxylation is 1. The number of amides is 2. The monoisotopic (exact) mass is 393 g/mol. The van der Waals surface area contributed by atoms with Gasteiger partial charge in [-0.25, -0.2) is 0 Å². The summed E-state index contributed by atoms with van der Waals surface area (Å²) in [6.45, 7) is 6.65. The lowest BCUT2D eigenvalue weighted by atomic mass is 10.1. The topological polar surface area (TPSA) is 52.7 Å². The summed E-state index contributed by atoms with van der Waals surface area (Å²) < 4.78 is 0. The summed E-state index contributed by atoms with van der Waals surface area (Å²) in [5.41, 5.74) is 4.31. The fourth-order valence-electron chi connectivity index (χ4n) is 3.67. The van der Waals surface area contributed by atoms with Gasteiger partial charge in [0, 0.05) is 50.9 Å². The van der Waals surface area contributed by atoms with E-state index in [0.29, 0.717) is 13.1 Å². The molecule has 0 radical (unpaired) electrons. The Kier molecular flexibility index (Phi) is 7.28. The number of carbonyl (C=O) groups is 2. The minimum atomic E-state index is -0.0539. The molecule has 0 saturated carbocycles. The van der Waals surface area contributed by atoms with Crippen LogP contribution in [0.1, 0.15) is 43.7 Å². The van der Waals surface area contributed by atoms with E-state index < -0.39 is 0 Å². The van der Waals surface area contributed by atoms with Crippen molar-refractivity contribution in [2.45, 2.75) is 46.1 Å². The molecule has 0 bridgehead atoms. The molecule has 0 aromatic heterocycles. The van der Waals surface area contributed by atoms with Crippen LogP contribution in [0, 0.1) is 6.92 Å². The molecule has 5 nitrogen and oxygen atoms in total. The Morgan fingerprint density at radius 2 is 1.62 bits per heavy atom. The number of hydrogen-bond donors (Lipinski definition) is 1. The third-order valence-electron chi connectivity index (χ3n) is 5.44. The molecule has 1 fully saturated rings. The molecule has 0 aliphatic carbocycles. The zero-order chi connectivity index (χ0) is 20.6. The van der Waals surface area contributed by atoms with Gasteiger partial charge >= 0.3 is 0 Å². The van der Waals surface area contributed by atoms with Gasteiger partial charge < -0.3 is 15.1 Å². The van der Waals surface area contributed by atoms with Crippen LogP contribution < -0.4 is 15.1 Å². The van der Waals surface area contributed by atoms with Crippen molar-refractivity contribution in [1.29, 1.82) is 0 Å². The molecule has 3 rings (SSSR count). The summed E-state index contributed by atoms with van der Waals surface area (Å²) >= 11 is 0. The summed E-state index contributed by atoms with van der Waals surface area (Å²) in [7, 11) is 0. The van der Waals surface area contributed by atoms with Gasteiger partial charge in [-0.3, -0.25) is 9.59 Å². The molecule has 2 amide bonds. The van der Waals surface area contributed by atoms with E-state index in [0.717, 1.165) is 24.3 Å². The van der Waals surface area contributed by atoms with Gasteiger partial charge in [0.2, 0.25) is 11.8 Å². The molecule has 0 unspecified atom stereocenters. The first-order valence-corrected chi connectivity index (χ1v) is 10.5. The van der Waals surface area contributed by atoms with Crippen LogP contribution in [0.5, 0.6) is 0 Å².